The van der Waals surface area contributed by atoms with Crippen LogP contribution in [0.1, 0.15) is 18.9 Å². The molecule has 202 valence electrons. The molecule has 0 radical (unpaired) electrons. The number of nitrogens with one attached hydrogen (secondary N) is 1. The van der Waals surface area contributed by atoms with E-state index in [9.17, 15) is 22.4 Å². The fourth-order valence-electron chi connectivity index (χ4n) is 5.70. The van der Waals surface area contributed by atoms with E-state index in [0.29, 0.717) is 44.5 Å². The van der Waals surface area contributed by atoms with Gasteiger partial charge in [-0.15, -0.1) is 11.8 Å². The summed E-state index contributed by atoms with van der Waals surface area (Å²) in [7, 11) is 0. The normalized spacial score (nSPS) is 23.6. The second kappa shape index (κ2) is 9.07. The molecule has 0 spiro atoms. The van der Waals surface area contributed by atoms with E-state index in [4.69, 9.17) is 16.3 Å². The third-order valence-corrected chi connectivity index (χ3v) is 8.97. The fourth-order valence-corrected chi connectivity index (χ4v) is 7.06. The van der Waals surface area contributed by atoms with Gasteiger partial charge in [-0.3, -0.25) is 4.57 Å². The molecule has 2 aromatic carbocycles. The van der Waals surface area contributed by atoms with Crippen molar-refractivity contribution in [2.75, 3.05) is 37.0 Å². The zero-order chi connectivity index (χ0) is 27.0. The number of rotatable bonds is 2. The van der Waals surface area contributed by atoms with Crippen molar-refractivity contribution in [2.45, 2.75) is 42.5 Å². The van der Waals surface area contributed by atoms with Crippen molar-refractivity contribution in [1.82, 2.24) is 14.9 Å². The number of thioether (sulfide) groups is 1. The lowest BCUT2D eigenvalue weighted by Gasteiger charge is -2.44. The van der Waals surface area contributed by atoms with Gasteiger partial charge in [0.2, 0.25) is 0 Å². The van der Waals surface area contributed by atoms with Gasteiger partial charge in [-0.1, -0.05) is 11.6 Å². The number of piperazine rings is 1. The van der Waals surface area contributed by atoms with Gasteiger partial charge in [-0.2, -0.15) is 18.2 Å². The van der Waals surface area contributed by atoms with E-state index in [1.54, 1.807) is 0 Å². The lowest BCUT2D eigenvalue weighted by atomic mass is 9.91. The first-order valence-corrected chi connectivity index (χ1v) is 13.4. The van der Waals surface area contributed by atoms with Crippen LogP contribution >= 0.6 is 23.4 Å². The Morgan fingerprint density at radius 1 is 1.21 bits per heavy atom. The van der Waals surface area contributed by atoms with E-state index >= 15 is 4.39 Å². The van der Waals surface area contributed by atoms with Crippen molar-refractivity contribution in [3.8, 4) is 11.1 Å². The Hall–Kier alpha value is -2.41. The number of nitrogens with zero attached hydrogens (tertiary/aromatic N) is 3. The average molecular weight is 573 g/mol. The molecular formula is C25H22ClF5N4O2S. The van der Waals surface area contributed by atoms with Crippen LogP contribution in [-0.4, -0.2) is 53.2 Å². The van der Waals surface area contributed by atoms with Crippen LogP contribution in [-0.2, 0) is 17.5 Å². The maximum atomic E-state index is 15.1. The highest BCUT2D eigenvalue weighted by atomic mass is 35.5. The Balaban J connectivity index is 1.72. The van der Waals surface area contributed by atoms with E-state index in [0.717, 1.165) is 23.9 Å². The van der Waals surface area contributed by atoms with Crippen molar-refractivity contribution in [3.05, 3.63) is 50.9 Å². The Labute approximate surface area is 223 Å². The number of aryl methyl sites for hydroxylation is 1. The molecule has 0 unspecified atom stereocenters. The van der Waals surface area contributed by atoms with Gasteiger partial charge in [0.05, 0.1) is 40.9 Å². The largest absolute Gasteiger partial charge is 0.417 e. The predicted octanol–water partition coefficient (Wildman–Crippen LogP) is 5.08. The summed E-state index contributed by atoms with van der Waals surface area (Å²) in [6.45, 7) is 3.87. The number of ether oxygens (including phenoxy) is 1. The van der Waals surface area contributed by atoms with Crippen molar-refractivity contribution < 1.29 is 26.7 Å². The van der Waals surface area contributed by atoms with Crippen molar-refractivity contribution in [2.24, 2.45) is 0 Å². The van der Waals surface area contributed by atoms with Gasteiger partial charge in [0.1, 0.15) is 17.5 Å². The molecule has 3 aliphatic heterocycles. The summed E-state index contributed by atoms with van der Waals surface area (Å²) in [4.78, 5) is 19.6. The van der Waals surface area contributed by atoms with E-state index in [-0.39, 0.29) is 34.2 Å². The number of aromatic nitrogens is 2. The predicted molar refractivity (Wildman–Crippen MR) is 135 cm³/mol. The summed E-state index contributed by atoms with van der Waals surface area (Å²) >= 11 is 7.00. The molecule has 6 nitrogen and oxygen atoms in total. The van der Waals surface area contributed by atoms with Crippen LogP contribution in [0.25, 0.3) is 22.0 Å². The van der Waals surface area contributed by atoms with Crippen LogP contribution in [0.5, 0.6) is 0 Å². The van der Waals surface area contributed by atoms with E-state index < -0.39 is 50.8 Å². The lowest BCUT2D eigenvalue weighted by Crippen LogP contribution is -2.65. The molecule has 3 aliphatic rings. The molecule has 0 aliphatic carbocycles. The number of anilines is 1. The van der Waals surface area contributed by atoms with Crippen LogP contribution in [0.4, 0.5) is 27.8 Å². The topological polar surface area (TPSA) is 59.4 Å². The van der Waals surface area contributed by atoms with Gasteiger partial charge >= 0.3 is 11.9 Å². The molecule has 4 heterocycles. The van der Waals surface area contributed by atoms with Crippen LogP contribution < -0.4 is 15.9 Å². The Bertz CT molecular complexity index is 1530. The fraction of sp³-hybridized carbons (Fsp3) is 0.440. The molecular weight excluding hydrogens is 551 g/mol. The first kappa shape index (κ1) is 25.8. The molecule has 2 fully saturated rings. The first-order chi connectivity index (χ1) is 18.0. The zero-order valence-corrected chi connectivity index (χ0v) is 21.7. The third-order valence-electron chi connectivity index (χ3n) is 7.50. The molecule has 1 N–H and O–H groups in total. The maximum absolute atomic E-state index is 15.1. The molecule has 3 aromatic rings. The SMILES string of the molecule is C[C@]12COC[C@H]1N(c1nc(=O)n3c4c(c(-c5cc(Cl)c(F)cc5F)c(C(F)(F)F)cc14)SCCC3)CCN2. The minimum absolute atomic E-state index is 0.0928. The minimum Gasteiger partial charge on any atom is -0.377 e. The second-order valence-electron chi connectivity index (χ2n) is 9.91. The van der Waals surface area contributed by atoms with Gasteiger partial charge in [-0.25, -0.2) is 13.6 Å². The summed E-state index contributed by atoms with van der Waals surface area (Å²) in [6, 6.07) is 2.02. The maximum Gasteiger partial charge on any atom is 0.417 e. The van der Waals surface area contributed by atoms with Crippen molar-refractivity contribution >= 4 is 40.1 Å². The summed E-state index contributed by atoms with van der Waals surface area (Å²) in [6.07, 6.45) is -4.40. The van der Waals surface area contributed by atoms with Crippen molar-refractivity contribution in [1.29, 1.82) is 0 Å². The first-order valence-electron chi connectivity index (χ1n) is 12.1. The van der Waals surface area contributed by atoms with Crippen LogP contribution in [0.2, 0.25) is 5.02 Å². The van der Waals surface area contributed by atoms with Crippen LogP contribution in [0.15, 0.2) is 27.9 Å². The van der Waals surface area contributed by atoms with Gasteiger partial charge in [0.15, 0.2) is 0 Å². The number of hydrogen-bond donors (Lipinski definition) is 1. The second-order valence-corrected chi connectivity index (χ2v) is 11.4. The van der Waals surface area contributed by atoms with Crippen LogP contribution in [0.3, 0.4) is 0 Å². The van der Waals surface area contributed by atoms with Gasteiger partial charge in [-0.05, 0) is 31.2 Å². The summed E-state index contributed by atoms with van der Waals surface area (Å²) in [5.74, 6) is -1.73. The third kappa shape index (κ3) is 3.99. The Morgan fingerprint density at radius 2 is 2.00 bits per heavy atom. The van der Waals surface area contributed by atoms with Crippen LogP contribution in [0, 0.1) is 11.6 Å². The summed E-state index contributed by atoms with van der Waals surface area (Å²) < 4.78 is 80.1. The van der Waals surface area contributed by atoms with E-state index in [2.05, 4.69) is 10.3 Å². The van der Waals surface area contributed by atoms with Crippen molar-refractivity contribution in [3.63, 3.8) is 0 Å². The molecule has 2 saturated heterocycles. The number of hydrogen-bond acceptors (Lipinski definition) is 6. The number of alkyl halides is 3. The molecule has 0 saturated carbocycles. The highest BCUT2D eigenvalue weighted by molar-refractivity contribution is 7.99. The van der Waals surface area contributed by atoms with Gasteiger partial charge in [0.25, 0.3) is 0 Å². The highest BCUT2D eigenvalue weighted by Crippen LogP contribution is 2.49. The molecule has 0 bridgehead atoms. The molecule has 6 rings (SSSR count). The van der Waals surface area contributed by atoms with E-state index in [1.807, 2.05) is 11.8 Å². The molecule has 2 atom stereocenters. The van der Waals surface area contributed by atoms with E-state index in [1.165, 1.54) is 4.57 Å². The highest BCUT2D eigenvalue weighted by Gasteiger charge is 2.47. The molecule has 0 amide bonds. The lowest BCUT2D eigenvalue weighted by molar-refractivity contribution is -0.137. The quantitative estimate of drug-likeness (QED) is 0.342. The molecule has 1 aromatic heterocycles. The minimum atomic E-state index is -4.90. The summed E-state index contributed by atoms with van der Waals surface area (Å²) in [5, 5.41) is 3.05. The number of halogens is 6. The van der Waals surface area contributed by atoms with Gasteiger partial charge < -0.3 is 15.0 Å². The number of fused-ring (bicyclic) bond motifs is 1. The number of benzene rings is 2. The monoisotopic (exact) mass is 572 g/mol. The Kier molecular flexibility index (Phi) is 6.17. The zero-order valence-electron chi connectivity index (χ0n) is 20.1. The molecule has 13 heteroatoms. The Morgan fingerprint density at radius 3 is 2.76 bits per heavy atom. The smallest absolute Gasteiger partial charge is 0.377 e. The van der Waals surface area contributed by atoms with Gasteiger partial charge in [0, 0.05) is 47.1 Å². The average Bonchev–Trinajstić information content (AvgIpc) is 3.11. The molecule has 38 heavy (non-hydrogen) atoms. The standard InChI is InChI=1S/C25H22ClF5N4O2S/c1-24-11-37-10-18(24)34(5-3-32-24)22-13-7-14(25(29,30)31)19(12-8-15(26)17(28)9-16(12)27)21-20(13)35(23(36)33-22)4-2-6-38-21/h7-9,18,32H,2-6,10-11H2,1H3/t18-,24+/m1/s1. The summed E-state index contributed by atoms with van der Waals surface area (Å²) in [5.41, 5.74) is -2.86.